The third kappa shape index (κ3) is 5.06. The number of nitrogens with one attached hydrogen (secondary N) is 1. The van der Waals surface area contributed by atoms with E-state index in [1.54, 1.807) is 20.8 Å². The van der Waals surface area contributed by atoms with Crippen molar-refractivity contribution in [3.05, 3.63) is 48.0 Å². The van der Waals surface area contributed by atoms with Gasteiger partial charge >= 0.3 is 0 Å². The molecule has 10 heteroatoms. The summed E-state index contributed by atoms with van der Waals surface area (Å²) >= 11 is 0. The van der Waals surface area contributed by atoms with Gasteiger partial charge in [0.1, 0.15) is 5.75 Å². The summed E-state index contributed by atoms with van der Waals surface area (Å²) in [5.74, 6) is 0.211. The molecular weight excluding hydrogens is 414 g/mol. The van der Waals surface area contributed by atoms with Gasteiger partial charge in [0.05, 0.1) is 33.7 Å². The van der Waals surface area contributed by atoms with E-state index in [9.17, 15) is 16.8 Å². The van der Waals surface area contributed by atoms with Crippen molar-refractivity contribution in [1.82, 2.24) is 4.31 Å². The van der Waals surface area contributed by atoms with Crippen LogP contribution in [0.5, 0.6) is 5.75 Å². The van der Waals surface area contributed by atoms with E-state index >= 15 is 0 Å². The summed E-state index contributed by atoms with van der Waals surface area (Å²) in [6.45, 7) is 6.04. The Morgan fingerprint density at radius 1 is 0.966 bits per heavy atom. The van der Waals surface area contributed by atoms with Crippen molar-refractivity contribution in [2.45, 2.75) is 30.6 Å². The number of ether oxygens (including phenoxy) is 1. The summed E-state index contributed by atoms with van der Waals surface area (Å²) in [6.07, 6.45) is 0. The highest BCUT2D eigenvalue weighted by atomic mass is 32.2. The molecule has 0 atom stereocenters. The fourth-order valence-corrected chi connectivity index (χ4v) is 5.20. The monoisotopic (exact) mass is 437 g/mol. The van der Waals surface area contributed by atoms with E-state index < -0.39 is 20.0 Å². The molecule has 1 N–H and O–H groups in total. The van der Waals surface area contributed by atoms with Gasteiger partial charge in [0.2, 0.25) is 10.0 Å². The van der Waals surface area contributed by atoms with Crippen molar-refractivity contribution in [2.75, 3.05) is 24.4 Å². The van der Waals surface area contributed by atoms with Gasteiger partial charge in [0.15, 0.2) is 0 Å². The summed E-state index contributed by atoms with van der Waals surface area (Å²) in [5, 5.41) is 8.86. The fraction of sp³-hybridized carbons (Fsp3) is 0.316. The van der Waals surface area contributed by atoms with Crippen molar-refractivity contribution >= 4 is 25.7 Å². The van der Waals surface area contributed by atoms with Crippen molar-refractivity contribution in [1.29, 1.82) is 5.26 Å². The first-order chi connectivity index (χ1) is 13.7. The van der Waals surface area contributed by atoms with Crippen LogP contribution >= 0.6 is 0 Å². The summed E-state index contributed by atoms with van der Waals surface area (Å²) < 4.78 is 60.2. The Hall–Kier alpha value is -2.61. The first-order valence-corrected chi connectivity index (χ1v) is 11.9. The topological polar surface area (TPSA) is 117 Å². The average Bonchev–Trinajstić information content (AvgIpc) is 2.70. The molecule has 2 aromatic carbocycles. The molecule has 0 radical (unpaired) electrons. The van der Waals surface area contributed by atoms with Crippen LogP contribution in [0.25, 0.3) is 0 Å². The first-order valence-electron chi connectivity index (χ1n) is 8.99. The molecule has 0 aliphatic carbocycles. The van der Waals surface area contributed by atoms with Gasteiger partial charge in [-0.1, -0.05) is 13.8 Å². The highest BCUT2D eigenvalue weighted by Gasteiger charge is 2.24. The molecule has 0 aliphatic heterocycles. The number of nitriles is 1. The Balaban J connectivity index is 2.50. The molecule has 0 saturated heterocycles. The fourth-order valence-electron chi connectivity index (χ4n) is 2.66. The second-order valence-electron chi connectivity index (χ2n) is 5.92. The molecule has 0 fully saturated rings. The predicted octanol–water partition coefficient (Wildman–Crippen LogP) is 2.79. The van der Waals surface area contributed by atoms with Crippen molar-refractivity contribution in [3.8, 4) is 11.8 Å². The zero-order valence-corrected chi connectivity index (χ0v) is 18.0. The Labute approximate surface area is 171 Å². The standard InChI is InChI=1S/C19H23N3O5S2/c1-4-22(5-2)29(25,26)17-11-12-19(27-6-3)18(13-17)21-28(23,24)16-9-7-15(14-20)8-10-16/h7-13,21H,4-6H2,1-3H3. The molecule has 29 heavy (non-hydrogen) atoms. The molecule has 0 saturated carbocycles. The number of anilines is 1. The largest absolute Gasteiger partial charge is 0.492 e. The van der Waals surface area contributed by atoms with Gasteiger partial charge in [-0.05, 0) is 49.4 Å². The van der Waals surface area contributed by atoms with Crippen LogP contribution in [-0.2, 0) is 20.0 Å². The highest BCUT2D eigenvalue weighted by molar-refractivity contribution is 7.92. The van der Waals surface area contributed by atoms with Crippen molar-refractivity contribution in [2.24, 2.45) is 0 Å². The van der Waals surface area contributed by atoms with Gasteiger partial charge < -0.3 is 4.74 Å². The molecule has 0 aromatic heterocycles. The predicted molar refractivity (Wildman–Crippen MR) is 110 cm³/mol. The van der Waals surface area contributed by atoms with Gasteiger partial charge in [-0.2, -0.15) is 9.57 Å². The maximum atomic E-state index is 12.8. The minimum atomic E-state index is -4.02. The minimum Gasteiger partial charge on any atom is -0.492 e. The maximum absolute atomic E-state index is 12.8. The second-order valence-corrected chi connectivity index (χ2v) is 9.54. The van der Waals surface area contributed by atoms with E-state index in [0.29, 0.717) is 18.7 Å². The molecule has 2 rings (SSSR count). The smallest absolute Gasteiger partial charge is 0.262 e. The lowest BCUT2D eigenvalue weighted by Crippen LogP contribution is -2.30. The maximum Gasteiger partial charge on any atom is 0.262 e. The van der Waals surface area contributed by atoms with Gasteiger partial charge in [-0.3, -0.25) is 4.72 Å². The van der Waals surface area contributed by atoms with Crippen molar-refractivity contribution in [3.63, 3.8) is 0 Å². The third-order valence-electron chi connectivity index (χ3n) is 4.13. The molecule has 0 bridgehead atoms. The van der Waals surface area contributed by atoms with E-state index in [4.69, 9.17) is 10.00 Å². The summed E-state index contributed by atoms with van der Waals surface area (Å²) in [7, 11) is -7.80. The van der Waals surface area contributed by atoms with Crippen LogP contribution in [0.15, 0.2) is 52.3 Å². The minimum absolute atomic E-state index is 0.0180. The van der Waals surface area contributed by atoms with Gasteiger partial charge in [0.25, 0.3) is 10.0 Å². The number of hydrogen-bond donors (Lipinski definition) is 1. The lowest BCUT2D eigenvalue weighted by Gasteiger charge is -2.20. The van der Waals surface area contributed by atoms with E-state index in [-0.39, 0.29) is 27.8 Å². The normalized spacial score (nSPS) is 11.8. The lowest BCUT2D eigenvalue weighted by atomic mass is 10.2. The van der Waals surface area contributed by atoms with E-state index in [1.807, 2.05) is 6.07 Å². The summed E-state index contributed by atoms with van der Waals surface area (Å²) in [4.78, 5) is -0.0990. The molecule has 0 spiro atoms. The molecular formula is C19H23N3O5S2. The van der Waals surface area contributed by atoms with E-state index in [0.717, 1.165) is 0 Å². The number of rotatable bonds is 9. The quantitative estimate of drug-likeness (QED) is 0.645. The van der Waals surface area contributed by atoms with Gasteiger partial charge in [-0.15, -0.1) is 0 Å². The molecule has 0 amide bonds. The Bertz CT molecular complexity index is 1100. The zero-order valence-electron chi connectivity index (χ0n) is 16.4. The molecule has 0 aliphatic rings. The zero-order chi connectivity index (χ0) is 21.7. The van der Waals surface area contributed by atoms with Crippen LogP contribution in [0.2, 0.25) is 0 Å². The SMILES string of the molecule is CCOc1ccc(S(=O)(=O)N(CC)CC)cc1NS(=O)(=O)c1ccc(C#N)cc1. The number of benzene rings is 2. The van der Waals surface area contributed by atoms with Crippen LogP contribution < -0.4 is 9.46 Å². The Morgan fingerprint density at radius 3 is 2.07 bits per heavy atom. The van der Waals surface area contributed by atoms with Crippen LogP contribution in [0.4, 0.5) is 5.69 Å². The van der Waals surface area contributed by atoms with Crippen LogP contribution in [0, 0.1) is 11.3 Å². The summed E-state index contributed by atoms with van der Waals surface area (Å²) in [5.41, 5.74) is 0.343. The lowest BCUT2D eigenvalue weighted by molar-refractivity contribution is 0.341. The van der Waals surface area contributed by atoms with Crippen molar-refractivity contribution < 1.29 is 21.6 Å². The number of hydrogen-bond acceptors (Lipinski definition) is 6. The van der Waals surface area contributed by atoms with Crippen LogP contribution in [-0.4, -0.2) is 40.8 Å². The second kappa shape index (κ2) is 9.26. The Morgan fingerprint density at radius 2 is 1.55 bits per heavy atom. The molecule has 156 valence electrons. The molecule has 2 aromatic rings. The first kappa shape index (κ1) is 22.7. The van der Waals surface area contributed by atoms with Crippen LogP contribution in [0.3, 0.4) is 0 Å². The molecule has 8 nitrogen and oxygen atoms in total. The van der Waals surface area contributed by atoms with E-state index in [1.165, 1.54) is 46.8 Å². The third-order valence-corrected chi connectivity index (χ3v) is 7.56. The summed E-state index contributed by atoms with van der Waals surface area (Å²) in [6, 6.07) is 11.4. The van der Waals surface area contributed by atoms with Gasteiger partial charge in [-0.25, -0.2) is 16.8 Å². The van der Waals surface area contributed by atoms with Gasteiger partial charge in [0, 0.05) is 13.1 Å². The molecule has 0 unspecified atom stereocenters. The average molecular weight is 438 g/mol. The number of sulfonamides is 2. The highest BCUT2D eigenvalue weighted by Crippen LogP contribution is 2.31. The molecule has 0 heterocycles. The van der Waals surface area contributed by atoms with Crippen LogP contribution in [0.1, 0.15) is 26.3 Å². The Kier molecular flexibility index (Phi) is 7.24. The number of nitrogens with zero attached hydrogens (tertiary/aromatic N) is 2. The van der Waals surface area contributed by atoms with E-state index in [2.05, 4.69) is 4.72 Å².